The van der Waals surface area contributed by atoms with E-state index in [4.69, 9.17) is 4.74 Å². The molecule has 6 heteroatoms. The molecule has 0 radical (unpaired) electrons. The first-order chi connectivity index (χ1) is 34.0. The summed E-state index contributed by atoms with van der Waals surface area (Å²) in [6.07, 6.45) is 69.2. The number of amides is 1. The third kappa shape index (κ3) is 52.2. The van der Waals surface area contributed by atoms with Gasteiger partial charge in [0.25, 0.3) is 0 Å². The van der Waals surface area contributed by atoms with Gasteiger partial charge in [-0.1, -0.05) is 288 Å². The van der Waals surface area contributed by atoms with Gasteiger partial charge in [-0.15, -0.1) is 0 Å². The van der Waals surface area contributed by atoms with Crippen LogP contribution in [0.2, 0.25) is 0 Å². The molecule has 0 heterocycles. The Bertz CT molecular complexity index is 1130. The fraction of sp³-hybridized carbons (Fsp3) is 0.873. The van der Waals surface area contributed by atoms with Crippen molar-refractivity contribution in [3.8, 4) is 0 Å². The second-order valence-electron chi connectivity index (χ2n) is 21.1. The number of carbonyl (C=O) groups is 2. The summed E-state index contributed by atoms with van der Waals surface area (Å²) in [6.45, 7) is 6.50. The maximum absolute atomic E-state index is 13.3. The summed E-state index contributed by atoms with van der Waals surface area (Å²) in [5, 5.41) is 23.9. The predicted octanol–water partition coefficient (Wildman–Crippen LogP) is 19.2. The molecule has 6 nitrogen and oxygen atoms in total. The first kappa shape index (κ1) is 67.1. The molecule has 0 bridgehead atoms. The second-order valence-corrected chi connectivity index (χ2v) is 21.1. The Kier molecular flexibility index (Phi) is 55.4. The molecular formula is C63H119NO5. The van der Waals surface area contributed by atoms with E-state index in [2.05, 4.69) is 62.5 Å². The first-order valence-corrected chi connectivity index (χ1v) is 30.7. The van der Waals surface area contributed by atoms with Crippen LogP contribution in [0, 0.1) is 0 Å². The van der Waals surface area contributed by atoms with Crippen LogP contribution in [0.25, 0.3) is 0 Å². The van der Waals surface area contributed by atoms with Crippen LogP contribution in [-0.2, 0) is 14.3 Å². The van der Waals surface area contributed by atoms with Crippen LogP contribution in [0.4, 0.5) is 0 Å². The van der Waals surface area contributed by atoms with Crippen LogP contribution in [0.15, 0.2) is 36.5 Å². The van der Waals surface area contributed by atoms with Crippen molar-refractivity contribution in [2.45, 2.75) is 347 Å². The van der Waals surface area contributed by atoms with E-state index in [-0.39, 0.29) is 24.9 Å². The molecule has 0 aromatic rings. The van der Waals surface area contributed by atoms with Crippen molar-refractivity contribution >= 4 is 11.9 Å². The maximum atomic E-state index is 13.3. The second kappa shape index (κ2) is 57.0. The van der Waals surface area contributed by atoms with Crippen LogP contribution in [0.5, 0.6) is 0 Å². The third-order valence-corrected chi connectivity index (χ3v) is 14.2. The van der Waals surface area contributed by atoms with Gasteiger partial charge in [0, 0.05) is 6.42 Å². The Labute approximate surface area is 430 Å². The van der Waals surface area contributed by atoms with Gasteiger partial charge >= 0.3 is 5.97 Å². The number of unbranched alkanes of at least 4 members (excludes halogenated alkanes) is 38. The molecule has 0 aromatic heterocycles. The molecule has 0 aliphatic heterocycles. The van der Waals surface area contributed by atoms with Crippen LogP contribution in [-0.4, -0.2) is 46.9 Å². The smallest absolute Gasteiger partial charge is 0.306 e. The van der Waals surface area contributed by atoms with Crippen LogP contribution in [0.3, 0.4) is 0 Å². The molecule has 0 aliphatic rings. The van der Waals surface area contributed by atoms with Crippen LogP contribution in [0.1, 0.15) is 329 Å². The standard InChI is InChI=1S/C63H119NO5/c1-4-7-10-13-16-19-22-25-28-30-31-32-35-38-41-44-47-50-53-56-63(68)69-59(54-51-48-45-42-39-36-34-29-26-23-20-17-14-11-8-5-2)57-62(67)64-60(58-65)61(66)55-52-49-46-43-40-37-33-27-24-21-18-15-12-9-6-3/h16,19,25,28,31-32,59-61,65-66H,4-15,17-18,20-24,26-27,29-30,33-58H2,1-3H3,(H,64,67)/b19-16-,28-25-,32-31-. The summed E-state index contributed by atoms with van der Waals surface area (Å²) < 4.78 is 5.98. The van der Waals surface area contributed by atoms with Crippen molar-refractivity contribution < 1.29 is 24.5 Å². The Morgan fingerprint density at radius 2 is 0.739 bits per heavy atom. The molecule has 0 rings (SSSR count). The van der Waals surface area contributed by atoms with E-state index in [1.807, 2.05) is 0 Å². The van der Waals surface area contributed by atoms with Gasteiger partial charge in [0.1, 0.15) is 6.10 Å². The highest BCUT2D eigenvalue weighted by molar-refractivity contribution is 5.77. The summed E-state index contributed by atoms with van der Waals surface area (Å²) in [5.74, 6) is -0.468. The van der Waals surface area contributed by atoms with E-state index in [9.17, 15) is 19.8 Å². The lowest BCUT2D eigenvalue weighted by Gasteiger charge is -2.24. The van der Waals surface area contributed by atoms with Gasteiger partial charge in [-0.05, 0) is 64.2 Å². The number of aliphatic hydroxyl groups is 2. The van der Waals surface area contributed by atoms with E-state index >= 15 is 0 Å². The van der Waals surface area contributed by atoms with Gasteiger partial charge < -0.3 is 20.3 Å². The summed E-state index contributed by atoms with van der Waals surface area (Å²) >= 11 is 0. The van der Waals surface area contributed by atoms with E-state index in [0.717, 1.165) is 64.2 Å². The van der Waals surface area contributed by atoms with Gasteiger partial charge in [0.2, 0.25) is 5.91 Å². The minimum atomic E-state index is -0.788. The molecule has 69 heavy (non-hydrogen) atoms. The van der Waals surface area contributed by atoms with Crippen molar-refractivity contribution in [2.24, 2.45) is 0 Å². The SMILES string of the molecule is CCCCC/C=C\C/C=C\C/C=C\CCCCCCCCC(=O)OC(CCCCCCCCCCCCCCCCCC)CC(=O)NC(CO)C(O)CCCCCCCCCCCCCCCCC. The molecule has 0 aliphatic carbocycles. The Morgan fingerprint density at radius 3 is 1.14 bits per heavy atom. The van der Waals surface area contributed by atoms with E-state index < -0.39 is 18.2 Å². The summed E-state index contributed by atoms with van der Waals surface area (Å²) in [5.41, 5.74) is 0. The highest BCUT2D eigenvalue weighted by Gasteiger charge is 2.24. The van der Waals surface area contributed by atoms with Gasteiger partial charge in [0.05, 0.1) is 25.2 Å². The summed E-state index contributed by atoms with van der Waals surface area (Å²) in [7, 11) is 0. The van der Waals surface area contributed by atoms with Crippen molar-refractivity contribution in [1.29, 1.82) is 0 Å². The Morgan fingerprint density at radius 1 is 0.420 bits per heavy atom. The molecule has 3 N–H and O–H groups in total. The molecule has 0 aromatic carbocycles. The van der Waals surface area contributed by atoms with Gasteiger partial charge in [0.15, 0.2) is 0 Å². The average Bonchev–Trinajstić information content (AvgIpc) is 3.34. The lowest BCUT2D eigenvalue weighted by Crippen LogP contribution is -2.46. The lowest BCUT2D eigenvalue weighted by atomic mass is 10.0. The van der Waals surface area contributed by atoms with Crippen LogP contribution >= 0.6 is 0 Å². The zero-order valence-corrected chi connectivity index (χ0v) is 46.5. The van der Waals surface area contributed by atoms with Crippen molar-refractivity contribution in [2.75, 3.05) is 6.61 Å². The first-order valence-electron chi connectivity index (χ1n) is 30.7. The summed E-state index contributed by atoms with van der Waals surface area (Å²) in [6, 6.07) is -0.702. The van der Waals surface area contributed by atoms with Gasteiger partial charge in [-0.25, -0.2) is 0 Å². The van der Waals surface area contributed by atoms with Crippen molar-refractivity contribution in [3.05, 3.63) is 36.5 Å². The molecule has 0 spiro atoms. The minimum Gasteiger partial charge on any atom is -0.462 e. The molecule has 406 valence electrons. The minimum absolute atomic E-state index is 0.0773. The predicted molar refractivity (Wildman–Crippen MR) is 301 cm³/mol. The number of nitrogens with one attached hydrogen (secondary N) is 1. The van der Waals surface area contributed by atoms with Crippen molar-refractivity contribution in [3.63, 3.8) is 0 Å². The highest BCUT2D eigenvalue weighted by atomic mass is 16.5. The number of esters is 1. The Balaban J connectivity index is 4.54. The molecule has 0 saturated carbocycles. The number of hydrogen-bond acceptors (Lipinski definition) is 5. The zero-order valence-electron chi connectivity index (χ0n) is 46.5. The monoisotopic (exact) mass is 970 g/mol. The maximum Gasteiger partial charge on any atom is 0.306 e. The molecule has 3 unspecified atom stereocenters. The van der Waals surface area contributed by atoms with Gasteiger partial charge in [-0.2, -0.15) is 0 Å². The highest BCUT2D eigenvalue weighted by Crippen LogP contribution is 2.19. The average molecular weight is 971 g/mol. The molecule has 3 atom stereocenters. The molecular weight excluding hydrogens is 851 g/mol. The number of allylic oxidation sites excluding steroid dienone is 6. The third-order valence-electron chi connectivity index (χ3n) is 14.2. The molecule has 0 saturated heterocycles. The topological polar surface area (TPSA) is 95.9 Å². The quantitative estimate of drug-likeness (QED) is 0.0321. The number of aliphatic hydroxyl groups excluding tert-OH is 2. The molecule has 0 fully saturated rings. The zero-order chi connectivity index (χ0) is 50.2. The van der Waals surface area contributed by atoms with Gasteiger partial charge in [-0.3, -0.25) is 9.59 Å². The lowest BCUT2D eigenvalue weighted by molar-refractivity contribution is -0.151. The number of carbonyl (C=O) groups excluding carboxylic acids is 2. The normalized spacial score (nSPS) is 13.3. The fourth-order valence-electron chi connectivity index (χ4n) is 9.56. The van der Waals surface area contributed by atoms with E-state index in [1.165, 1.54) is 218 Å². The van der Waals surface area contributed by atoms with Crippen LogP contribution < -0.4 is 5.32 Å². The molecule has 1 amide bonds. The summed E-state index contributed by atoms with van der Waals surface area (Å²) in [4.78, 5) is 26.3. The van der Waals surface area contributed by atoms with E-state index in [1.54, 1.807) is 0 Å². The number of rotatable bonds is 56. The fourth-order valence-corrected chi connectivity index (χ4v) is 9.56. The van der Waals surface area contributed by atoms with Crippen molar-refractivity contribution in [1.82, 2.24) is 5.32 Å². The Hall–Kier alpha value is -1.92. The number of hydrogen-bond donors (Lipinski definition) is 3. The largest absolute Gasteiger partial charge is 0.462 e. The van der Waals surface area contributed by atoms with E-state index in [0.29, 0.717) is 19.3 Å². The number of ether oxygens (including phenoxy) is 1.